The first-order valence-electron chi connectivity index (χ1n) is 5.27. The summed E-state index contributed by atoms with van der Waals surface area (Å²) in [5, 5.41) is 0. The number of Topliss-reactive ketones (excluding diaryl/α,β-unsaturated/α-hetero) is 1. The van der Waals surface area contributed by atoms with Gasteiger partial charge >= 0.3 is 0 Å². The Morgan fingerprint density at radius 1 is 1.21 bits per heavy atom. The molecular weight excluding hydrogens is 172 g/mol. The Kier molecular flexibility index (Phi) is 2.18. The van der Waals surface area contributed by atoms with Gasteiger partial charge in [0.05, 0.1) is 0 Å². The Hall–Kier alpha value is -1.11. The normalized spacial score (nSPS) is 15.0. The lowest BCUT2D eigenvalue weighted by Crippen LogP contribution is -2.02. The molecular formula is C13H16O. The number of rotatable bonds is 1. The lowest BCUT2D eigenvalue weighted by Gasteiger charge is -2.12. The lowest BCUT2D eigenvalue weighted by atomic mass is 9.92. The molecule has 0 aliphatic heterocycles. The van der Waals surface area contributed by atoms with E-state index < -0.39 is 0 Å². The average molecular weight is 188 g/mol. The number of ketones is 1. The molecule has 0 aromatic heterocycles. The first kappa shape index (κ1) is 9.45. The van der Waals surface area contributed by atoms with E-state index in [9.17, 15) is 4.79 Å². The van der Waals surface area contributed by atoms with Crippen LogP contribution in [0, 0.1) is 6.92 Å². The van der Waals surface area contributed by atoms with Gasteiger partial charge in [-0.1, -0.05) is 26.0 Å². The van der Waals surface area contributed by atoms with Gasteiger partial charge in [0.1, 0.15) is 0 Å². The third kappa shape index (κ3) is 1.28. The fraction of sp³-hybridized carbons (Fsp3) is 0.462. The summed E-state index contributed by atoms with van der Waals surface area (Å²) in [5.41, 5.74) is 4.82. The molecule has 0 unspecified atom stereocenters. The Labute approximate surface area is 85.1 Å². The Balaban J connectivity index is 2.66. The molecule has 0 radical (unpaired) electrons. The van der Waals surface area contributed by atoms with Crippen molar-refractivity contribution in [1.29, 1.82) is 0 Å². The van der Waals surface area contributed by atoms with Crippen molar-refractivity contribution < 1.29 is 4.79 Å². The number of carbonyl (C=O) groups is 1. The molecule has 74 valence electrons. The highest BCUT2D eigenvalue weighted by Crippen LogP contribution is 2.31. The molecule has 0 fully saturated rings. The maximum atomic E-state index is 11.7. The van der Waals surface area contributed by atoms with E-state index in [1.165, 1.54) is 16.7 Å². The third-order valence-electron chi connectivity index (χ3n) is 3.08. The van der Waals surface area contributed by atoms with Gasteiger partial charge in [0.15, 0.2) is 5.78 Å². The molecule has 0 atom stereocenters. The van der Waals surface area contributed by atoms with Gasteiger partial charge in [-0.25, -0.2) is 0 Å². The summed E-state index contributed by atoms with van der Waals surface area (Å²) in [6.45, 7) is 6.40. The minimum Gasteiger partial charge on any atom is -0.294 e. The van der Waals surface area contributed by atoms with E-state index in [-0.39, 0.29) is 0 Å². The number of carbonyl (C=O) groups excluding carboxylic acids is 1. The standard InChI is InChI=1S/C13H16O/c1-8(2)10-5-4-9(3)11-6-7-12(14)13(10)11/h4-5,8H,6-7H2,1-3H3. The van der Waals surface area contributed by atoms with Crippen LogP contribution in [-0.2, 0) is 6.42 Å². The molecule has 1 heteroatoms. The zero-order chi connectivity index (χ0) is 10.3. The van der Waals surface area contributed by atoms with Crippen LogP contribution in [0.15, 0.2) is 12.1 Å². The van der Waals surface area contributed by atoms with Crippen LogP contribution in [0.2, 0.25) is 0 Å². The van der Waals surface area contributed by atoms with Crippen molar-refractivity contribution in [3.05, 3.63) is 34.4 Å². The van der Waals surface area contributed by atoms with Crippen molar-refractivity contribution in [3.63, 3.8) is 0 Å². The molecule has 0 saturated heterocycles. The van der Waals surface area contributed by atoms with E-state index in [1.807, 2.05) is 0 Å². The number of hydrogen-bond donors (Lipinski definition) is 0. The second-order valence-corrected chi connectivity index (χ2v) is 4.40. The van der Waals surface area contributed by atoms with Crippen LogP contribution >= 0.6 is 0 Å². The van der Waals surface area contributed by atoms with Crippen molar-refractivity contribution in [3.8, 4) is 0 Å². The van der Waals surface area contributed by atoms with Crippen molar-refractivity contribution in [2.75, 3.05) is 0 Å². The summed E-state index contributed by atoms with van der Waals surface area (Å²) < 4.78 is 0. The molecule has 0 spiro atoms. The summed E-state index contributed by atoms with van der Waals surface area (Å²) in [5.74, 6) is 0.791. The first-order valence-corrected chi connectivity index (χ1v) is 5.27. The molecule has 0 N–H and O–H groups in total. The molecule has 0 amide bonds. The van der Waals surface area contributed by atoms with Gasteiger partial charge in [0, 0.05) is 12.0 Å². The molecule has 0 saturated carbocycles. The number of fused-ring (bicyclic) bond motifs is 1. The van der Waals surface area contributed by atoms with E-state index in [1.54, 1.807) is 0 Å². The molecule has 14 heavy (non-hydrogen) atoms. The van der Waals surface area contributed by atoms with E-state index in [0.29, 0.717) is 18.1 Å². The molecule has 0 heterocycles. The first-order chi connectivity index (χ1) is 6.61. The summed E-state index contributed by atoms with van der Waals surface area (Å²) in [7, 11) is 0. The van der Waals surface area contributed by atoms with E-state index >= 15 is 0 Å². The van der Waals surface area contributed by atoms with Crippen molar-refractivity contribution in [2.24, 2.45) is 0 Å². The minimum absolute atomic E-state index is 0.340. The van der Waals surface area contributed by atoms with Gasteiger partial charge in [-0.3, -0.25) is 4.79 Å². The van der Waals surface area contributed by atoms with Gasteiger partial charge in [-0.15, -0.1) is 0 Å². The molecule has 1 aromatic carbocycles. The van der Waals surface area contributed by atoms with Crippen LogP contribution in [0.4, 0.5) is 0 Å². The van der Waals surface area contributed by atoms with Crippen molar-refractivity contribution in [2.45, 2.75) is 39.5 Å². The van der Waals surface area contributed by atoms with E-state index in [0.717, 1.165) is 12.0 Å². The highest BCUT2D eigenvalue weighted by atomic mass is 16.1. The Morgan fingerprint density at radius 2 is 1.93 bits per heavy atom. The van der Waals surface area contributed by atoms with E-state index in [2.05, 4.69) is 32.9 Å². The molecule has 1 nitrogen and oxygen atoms in total. The summed E-state index contributed by atoms with van der Waals surface area (Å²) in [6, 6.07) is 4.26. The highest BCUT2D eigenvalue weighted by molar-refractivity contribution is 6.02. The zero-order valence-electron chi connectivity index (χ0n) is 9.05. The van der Waals surface area contributed by atoms with Crippen LogP contribution in [0.1, 0.15) is 53.2 Å². The van der Waals surface area contributed by atoms with Gasteiger partial charge in [-0.2, -0.15) is 0 Å². The molecule has 1 aromatic rings. The Bertz CT molecular complexity index is 388. The van der Waals surface area contributed by atoms with Crippen LogP contribution in [-0.4, -0.2) is 5.78 Å². The second-order valence-electron chi connectivity index (χ2n) is 4.40. The summed E-state index contributed by atoms with van der Waals surface area (Å²) in [4.78, 5) is 11.7. The lowest BCUT2D eigenvalue weighted by molar-refractivity contribution is 0.0993. The highest BCUT2D eigenvalue weighted by Gasteiger charge is 2.24. The quantitative estimate of drug-likeness (QED) is 0.661. The van der Waals surface area contributed by atoms with Gasteiger partial charge in [0.2, 0.25) is 0 Å². The number of benzene rings is 1. The zero-order valence-corrected chi connectivity index (χ0v) is 9.05. The molecule has 1 aliphatic rings. The smallest absolute Gasteiger partial charge is 0.163 e. The van der Waals surface area contributed by atoms with Crippen LogP contribution in [0.25, 0.3) is 0 Å². The van der Waals surface area contributed by atoms with Gasteiger partial charge in [0.25, 0.3) is 0 Å². The SMILES string of the molecule is Cc1ccc(C(C)C)c2c1CCC2=O. The van der Waals surface area contributed by atoms with Gasteiger partial charge < -0.3 is 0 Å². The predicted molar refractivity (Wildman–Crippen MR) is 57.9 cm³/mol. The van der Waals surface area contributed by atoms with Gasteiger partial charge in [-0.05, 0) is 36.0 Å². The monoisotopic (exact) mass is 188 g/mol. The second kappa shape index (κ2) is 3.23. The van der Waals surface area contributed by atoms with E-state index in [4.69, 9.17) is 0 Å². The topological polar surface area (TPSA) is 17.1 Å². The predicted octanol–water partition coefficient (Wildman–Crippen LogP) is 3.25. The molecule has 1 aliphatic carbocycles. The number of aryl methyl sites for hydroxylation is 1. The van der Waals surface area contributed by atoms with Crippen LogP contribution < -0.4 is 0 Å². The maximum absolute atomic E-state index is 11.7. The Morgan fingerprint density at radius 3 is 2.57 bits per heavy atom. The van der Waals surface area contributed by atoms with Crippen molar-refractivity contribution >= 4 is 5.78 Å². The van der Waals surface area contributed by atoms with Crippen LogP contribution in [0.5, 0.6) is 0 Å². The fourth-order valence-electron chi connectivity index (χ4n) is 2.27. The summed E-state index contributed by atoms with van der Waals surface area (Å²) >= 11 is 0. The number of hydrogen-bond acceptors (Lipinski definition) is 1. The third-order valence-corrected chi connectivity index (χ3v) is 3.08. The van der Waals surface area contributed by atoms with Crippen LogP contribution in [0.3, 0.4) is 0 Å². The molecule has 2 rings (SSSR count). The largest absolute Gasteiger partial charge is 0.294 e. The summed E-state index contributed by atoms with van der Waals surface area (Å²) in [6.07, 6.45) is 1.65. The van der Waals surface area contributed by atoms with Crippen molar-refractivity contribution in [1.82, 2.24) is 0 Å². The molecule has 0 bridgehead atoms. The fourth-order valence-corrected chi connectivity index (χ4v) is 2.27. The minimum atomic E-state index is 0.340. The maximum Gasteiger partial charge on any atom is 0.163 e. The average Bonchev–Trinajstić information content (AvgIpc) is 2.50.